The maximum atomic E-state index is 12.4. The van der Waals surface area contributed by atoms with E-state index in [2.05, 4.69) is 30.4 Å². The Morgan fingerprint density at radius 1 is 1.27 bits per heavy atom. The van der Waals surface area contributed by atoms with Crippen molar-refractivity contribution in [2.24, 2.45) is 0 Å². The molecule has 0 bridgehead atoms. The molecule has 11 heteroatoms. The summed E-state index contributed by atoms with van der Waals surface area (Å²) in [7, 11) is 0. The molecule has 162 valence electrons. The van der Waals surface area contributed by atoms with Crippen LogP contribution >= 0.6 is 11.6 Å². The first-order chi connectivity index (χ1) is 14.4. The standard InChI is InChI=1S/C19H26ClN7O3/c1-13(24-15-9-23-25-19(29)14(15)2)12-30-8-3-18(28)27-6-4-26(5-7-27)17-11-21-16(20)10-22-17/h9-11,13H,3-8,12H2,1-2H3,(H2,24,25,29)/t13-/m0/s1. The number of anilines is 2. The SMILES string of the molecule is Cc1c(N[C@@H](C)COCCC(=O)N2CCN(c3cnc(Cl)cn3)CC2)cn[nH]c1=O. The number of amides is 1. The van der Waals surface area contributed by atoms with E-state index in [0.717, 1.165) is 5.82 Å². The predicted molar refractivity (Wildman–Crippen MR) is 114 cm³/mol. The fourth-order valence-electron chi connectivity index (χ4n) is 3.14. The summed E-state index contributed by atoms with van der Waals surface area (Å²) in [5.74, 6) is 0.842. The monoisotopic (exact) mass is 435 g/mol. The van der Waals surface area contributed by atoms with E-state index in [1.807, 2.05) is 11.8 Å². The Hall–Kier alpha value is -2.72. The minimum absolute atomic E-state index is 0.0218. The normalized spacial score (nSPS) is 15.2. The van der Waals surface area contributed by atoms with Gasteiger partial charge in [-0.05, 0) is 13.8 Å². The third-order valence-corrected chi connectivity index (χ3v) is 5.09. The van der Waals surface area contributed by atoms with Gasteiger partial charge in [-0.1, -0.05) is 11.6 Å². The Balaban J connectivity index is 1.34. The molecule has 1 saturated heterocycles. The number of H-pyrrole nitrogens is 1. The number of aromatic nitrogens is 4. The van der Waals surface area contributed by atoms with Crippen LogP contribution in [0.15, 0.2) is 23.4 Å². The van der Waals surface area contributed by atoms with Crippen molar-refractivity contribution in [2.45, 2.75) is 26.3 Å². The molecule has 1 aliphatic heterocycles. The number of aromatic amines is 1. The van der Waals surface area contributed by atoms with Crippen molar-refractivity contribution in [1.82, 2.24) is 25.1 Å². The van der Waals surface area contributed by atoms with Crippen molar-refractivity contribution in [1.29, 1.82) is 0 Å². The van der Waals surface area contributed by atoms with Gasteiger partial charge in [-0.3, -0.25) is 9.59 Å². The summed E-state index contributed by atoms with van der Waals surface area (Å²) in [5.41, 5.74) is 1.03. The van der Waals surface area contributed by atoms with E-state index < -0.39 is 0 Å². The van der Waals surface area contributed by atoms with Crippen molar-refractivity contribution in [3.63, 3.8) is 0 Å². The van der Waals surface area contributed by atoms with E-state index in [9.17, 15) is 9.59 Å². The first kappa shape index (κ1) is 22.0. The lowest BCUT2D eigenvalue weighted by Crippen LogP contribution is -2.49. The van der Waals surface area contributed by atoms with Crippen LogP contribution in [0.5, 0.6) is 0 Å². The maximum absolute atomic E-state index is 12.4. The summed E-state index contributed by atoms with van der Waals surface area (Å²) in [6, 6.07) is -0.0218. The first-order valence-corrected chi connectivity index (χ1v) is 10.2. The second-order valence-corrected chi connectivity index (χ2v) is 7.56. The summed E-state index contributed by atoms with van der Waals surface area (Å²) < 4.78 is 5.64. The molecule has 1 fully saturated rings. The van der Waals surface area contributed by atoms with Crippen LogP contribution in [0.25, 0.3) is 0 Å². The molecular weight excluding hydrogens is 410 g/mol. The quantitative estimate of drug-likeness (QED) is 0.591. The summed E-state index contributed by atoms with van der Waals surface area (Å²) in [6.07, 6.45) is 5.08. The van der Waals surface area contributed by atoms with Crippen LogP contribution in [0.2, 0.25) is 5.15 Å². The van der Waals surface area contributed by atoms with Gasteiger partial charge in [0.25, 0.3) is 5.56 Å². The molecule has 0 unspecified atom stereocenters. The van der Waals surface area contributed by atoms with Crippen molar-refractivity contribution >= 4 is 29.0 Å². The zero-order chi connectivity index (χ0) is 21.5. The molecule has 1 amide bonds. The van der Waals surface area contributed by atoms with E-state index in [1.54, 1.807) is 19.3 Å². The fourth-order valence-corrected chi connectivity index (χ4v) is 3.24. The molecule has 2 aromatic rings. The van der Waals surface area contributed by atoms with Gasteiger partial charge in [-0.2, -0.15) is 5.10 Å². The van der Waals surface area contributed by atoms with Crippen molar-refractivity contribution in [2.75, 3.05) is 49.6 Å². The van der Waals surface area contributed by atoms with Crippen LogP contribution in [0, 0.1) is 6.92 Å². The summed E-state index contributed by atoms with van der Waals surface area (Å²) in [5, 5.41) is 9.74. The molecule has 2 aromatic heterocycles. The Morgan fingerprint density at radius 3 is 2.73 bits per heavy atom. The minimum atomic E-state index is -0.220. The van der Waals surface area contributed by atoms with E-state index in [-0.39, 0.29) is 17.5 Å². The lowest BCUT2D eigenvalue weighted by Gasteiger charge is -2.35. The van der Waals surface area contributed by atoms with E-state index in [1.165, 1.54) is 6.20 Å². The maximum Gasteiger partial charge on any atom is 0.269 e. The molecule has 0 aliphatic carbocycles. The highest BCUT2D eigenvalue weighted by molar-refractivity contribution is 6.29. The molecule has 3 rings (SSSR count). The molecule has 2 N–H and O–H groups in total. The third kappa shape index (κ3) is 5.90. The zero-order valence-corrected chi connectivity index (χ0v) is 17.9. The van der Waals surface area contributed by atoms with Gasteiger partial charge in [0.15, 0.2) is 0 Å². The van der Waals surface area contributed by atoms with Gasteiger partial charge in [0.05, 0.1) is 43.9 Å². The Bertz CT molecular complexity index is 898. The molecule has 1 aliphatic rings. The Kier molecular flexibility index (Phi) is 7.58. The van der Waals surface area contributed by atoms with Crippen LogP contribution in [-0.4, -0.2) is 76.4 Å². The van der Waals surface area contributed by atoms with Crippen molar-refractivity contribution < 1.29 is 9.53 Å². The number of rotatable bonds is 8. The van der Waals surface area contributed by atoms with Gasteiger partial charge in [0, 0.05) is 37.8 Å². The second-order valence-electron chi connectivity index (χ2n) is 7.17. The van der Waals surface area contributed by atoms with Crippen LogP contribution in [-0.2, 0) is 9.53 Å². The number of carbonyl (C=O) groups excluding carboxylic acids is 1. The molecular formula is C19H26ClN7O3. The topological polar surface area (TPSA) is 116 Å². The van der Waals surface area contributed by atoms with Gasteiger partial charge in [-0.15, -0.1) is 0 Å². The number of carbonyl (C=O) groups is 1. The lowest BCUT2D eigenvalue weighted by atomic mass is 10.2. The van der Waals surface area contributed by atoms with Gasteiger partial charge in [0.1, 0.15) is 11.0 Å². The number of piperazine rings is 1. The Morgan fingerprint density at radius 2 is 2.03 bits per heavy atom. The summed E-state index contributed by atoms with van der Waals surface area (Å²) in [4.78, 5) is 36.2. The number of halogens is 1. The molecule has 3 heterocycles. The van der Waals surface area contributed by atoms with Crippen molar-refractivity contribution in [3.8, 4) is 0 Å². The molecule has 0 spiro atoms. The summed E-state index contributed by atoms with van der Waals surface area (Å²) >= 11 is 5.77. The van der Waals surface area contributed by atoms with Gasteiger partial charge < -0.3 is 19.9 Å². The lowest BCUT2D eigenvalue weighted by molar-refractivity contribution is -0.132. The number of nitrogens with zero attached hydrogens (tertiary/aromatic N) is 5. The average molecular weight is 436 g/mol. The molecule has 0 saturated carbocycles. The van der Waals surface area contributed by atoms with Gasteiger partial charge >= 0.3 is 0 Å². The number of ether oxygens (including phenoxy) is 1. The molecule has 10 nitrogen and oxygen atoms in total. The van der Waals surface area contributed by atoms with Gasteiger partial charge in [-0.25, -0.2) is 15.1 Å². The van der Waals surface area contributed by atoms with Crippen LogP contribution in [0.1, 0.15) is 18.9 Å². The number of nitrogens with one attached hydrogen (secondary N) is 2. The predicted octanol–water partition coefficient (Wildman–Crippen LogP) is 1.08. The van der Waals surface area contributed by atoms with Crippen LogP contribution < -0.4 is 15.8 Å². The fraction of sp³-hybridized carbons (Fsp3) is 0.526. The minimum Gasteiger partial charge on any atom is -0.379 e. The largest absolute Gasteiger partial charge is 0.379 e. The highest BCUT2D eigenvalue weighted by atomic mass is 35.5. The number of hydrogen-bond donors (Lipinski definition) is 2. The van der Waals surface area contributed by atoms with E-state index >= 15 is 0 Å². The average Bonchev–Trinajstić information content (AvgIpc) is 2.75. The van der Waals surface area contributed by atoms with E-state index in [4.69, 9.17) is 16.3 Å². The van der Waals surface area contributed by atoms with Crippen molar-refractivity contribution in [3.05, 3.63) is 39.7 Å². The zero-order valence-electron chi connectivity index (χ0n) is 17.1. The third-order valence-electron chi connectivity index (χ3n) is 4.90. The summed E-state index contributed by atoms with van der Waals surface area (Å²) in [6.45, 7) is 7.12. The van der Waals surface area contributed by atoms with E-state index in [0.29, 0.717) is 62.2 Å². The Labute approximate surface area is 179 Å². The molecule has 0 aromatic carbocycles. The highest BCUT2D eigenvalue weighted by Gasteiger charge is 2.22. The smallest absolute Gasteiger partial charge is 0.269 e. The molecule has 0 radical (unpaired) electrons. The second kappa shape index (κ2) is 10.4. The number of hydrogen-bond acceptors (Lipinski definition) is 8. The van der Waals surface area contributed by atoms with Gasteiger partial charge in [0.2, 0.25) is 5.91 Å². The first-order valence-electron chi connectivity index (χ1n) is 9.83. The van der Waals surface area contributed by atoms with Crippen LogP contribution in [0.3, 0.4) is 0 Å². The highest BCUT2D eigenvalue weighted by Crippen LogP contribution is 2.14. The molecule has 30 heavy (non-hydrogen) atoms. The van der Waals surface area contributed by atoms with Crippen LogP contribution in [0.4, 0.5) is 11.5 Å². The molecule has 1 atom stereocenters.